The summed E-state index contributed by atoms with van der Waals surface area (Å²) >= 11 is 0. The standard InChI is InChI=1S/C21H38O4.Rb.H/c1-3-4-5-6-7-8-9-10-11-12-13-14-15-16-17-18-20(23)25-21(24)19(2)22;;/h10-11,19,22H,3-9,12-18H2,1-2H3;;/b11-10-;;. The van der Waals surface area contributed by atoms with Crippen LogP contribution in [0.3, 0.4) is 0 Å². The molecule has 0 aromatic rings. The fraction of sp³-hybridized carbons (Fsp3) is 0.810. The normalized spacial score (nSPS) is 12.0. The van der Waals surface area contributed by atoms with Crippen molar-refractivity contribution in [1.29, 1.82) is 0 Å². The molecule has 0 rings (SSSR count). The number of hydrogen-bond donors (Lipinski definition) is 1. The topological polar surface area (TPSA) is 63.6 Å². The summed E-state index contributed by atoms with van der Waals surface area (Å²) < 4.78 is 4.49. The molecule has 0 aromatic heterocycles. The van der Waals surface area contributed by atoms with Crippen LogP contribution in [-0.2, 0) is 14.3 Å². The average molecular weight is 441 g/mol. The van der Waals surface area contributed by atoms with Gasteiger partial charge in [0.1, 0.15) is 6.10 Å². The number of aliphatic hydroxyl groups excluding tert-OH is 1. The van der Waals surface area contributed by atoms with E-state index in [9.17, 15) is 9.59 Å². The Bertz CT molecular complexity index is 367. The SMILES string of the molecule is CCCCCCCC/C=C\CCCCCCCC(=O)OC(=O)C(C)O.[RbH]. The summed E-state index contributed by atoms with van der Waals surface area (Å²) in [5, 5.41) is 8.94. The Kier molecular flexibility index (Phi) is 24.3. The number of hydrogen-bond acceptors (Lipinski definition) is 4. The molecule has 0 heterocycles. The summed E-state index contributed by atoms with van der Waals surface area (Å²) in [6.45, 7) is 3.54. The van der Waals surface area contributed by atoms with Crippen molar-refractivity contribution < 1.29 is 19.4 Å². The van der Waals surface area contributed by atoms with Gasteiger partial charge in [-0.05, 0) is 39.0 Å². The first kappa shape index (κ1) is 28.9. The third-order valence-electron chi connectivity index (χ3n) is 4.20. The zero-order valence-corrected chi connectivity index (χ0v) is 16.3. The monoisotopic (exact) mass is 440 g/mol. The van der Waals surface area contributed by atoms with Gasteiger partial charge in [-0.25, -0.2) is 4.79 Å². The first-order chi connectivity index (χ1) is 12.1. The Morgan fingerprint density at radius 3 is 1.81 bits per heavy atom. The summed E-state index contributed by atoms with van der Waals surface area (Å²) in [7, 11) is 0. The van der Waals surface area contributed by atoms with E-state index in [0.29, 0.717) is 0 Å². The third kappa shape index (κ3) is 21.0. The van der Waals surface area contributed by atoms with E-state index >= 15 is 0 Å². The van der Waals surface area contributed by atoms with Gasteiger partial charge in [0.2, 0.25) is 0 Å². The van der Waals surface area contributed by atoms with E-state index in [-0.39, 0.29) is 64.6 Å². The zero-order valence-electron chi connectivity index (χ0n) is 16.3. The van der Waals surface area contributed by atoms with E-state index in [1.165, 1.54) is 64.7 Å². The Balaban J connectivity index is 0. The van der Waals surface area contributed by atoms with Crippen LogP contribution in [0.5, 0.6) is 0 Å². The van der Waals surface area contributed by atoms with Gasteiger partial charge in [-0.15, -0.1) is 0 Å². The number of rotatable bonds is 16. The van der Waals surface area contributed by atoms with E-state index in [1.807, 2.05) is 0 Å². The molecule has 0 fully saturated rings. The molecule has 0 aliphatic rings. The molecule has 0 bridgehead atoms. The van der Waals surface area contributed by atoms with Gasteiger partial charge < -0.3 is 9.84 Å². The van der Waals surface area contributed by atoms with Gasteiger partial charge in [0.25, 0.3) is 0 Å². The van der Waals surface area contributed by atoms with Crippen LogP contribution in [0.15, 0.2) is 12.2 Å². The number of esters is 2. The molecule has 1 unspecified atom stereocenters. The quantitative estimate of drug-likeness (QED) is 0.162. The summed E-state index contributed by atoms with van der Waals surface area (Å²) in [4.78, 5) is 22.3. The molecule has 5 heteroatoms. The molecule has 0 aliphatic carbocycles. The van der Waals surface area contributed by atoms with Crippen LogP contribution in [0, 0.1) is 0 Å². The van der Waals surface area contributed by atoms with Gasteiger partial charge in [0, 0.05) is 6.42 Å². The van der Waals surface area contributed by atoms with Gasteiger partial charge in [-0.2, -0.15) is 0 Å². The molecule has 4 nitrogen and oxygen atoms in total. The number of allylic oxidation sites excluding steroid dienone is 2. The van der Waals surface area contributed by atoms with Crippen LogP contribution < -0.4 is 0 Å². The predicted molar refractivity (Wildman–Crippen MR) is 109 cm³/mol. The predicted octanol–water partition coefficient (Wildman–Crippen LogP) is 4.83. The first-order valence-electron chi connectivity index (χ1n) is 10.2. The third-order valence-corrected chi connectivity index (χ3v) is 4.20. The van der Waals surface area contributed by atoms with Gasteiger partial charge in [0.15, 0.2) is 0 Å². The molecule has 1 atom stereocenters. The Morgan fingerprint density at radius 2 is 1.31 bits per heavy atom. The molecular formula is C21H39O4Rb. The van der Waals surface area contributed by atoms with Crippen molar-refractivity contribution >= 4 is 70.1 Å². The van der Waals surface area contributed by atoms with Crippen LogP contribution in [-0.4, -0.2) is 81.3 Å². The second kappa shape index (κ2) is 21.9. The van der Waals surface area contributed by atoms with Crippen molar-refractivity contribution in [3.8, 4) is 0 Å². The number of unbranched alkanes of at least 4 members (excludes halogenated alkanes) is 11. The summed E-state index contributed by atoms with van der Waals surface area (Å²) in [6.07, 6.45) is 19.3. The Hall–Kier alpha value is 0.645. The van der Waals surface area contributed by atoms with Crippen molar-refractivity contribution in [1.82, 2.24) is 0 Å². The first-order valence-corrected chi connectivity index (χ1v) is 10.2. The Labute approximate surface area is 209 Å². The molecule has 0 amide bonds. The van der Waals surface area contributed by atoms with Crippen molar-refractivity contribution in [2.75, 3.05) is 0 Å². The molecule has 0 radical (unpaired) electrons. The number of carbonyl (C=O) groups is 2. The van der Waals surface area contributed by atoms with Crippen molar-refractivity contribution in [3.05, 3.63) is 12.2 Å². The summed E-state index contributed by atoms with van der Waals surface area (Å²) in [6, 6.07) is 0. The fourth-order valence-electron chi connectivity index (χ4n) is 2.59. The molecule has 0 aromatic carbocycles. The molecule has 148 valence electrons. The van der Waals surface area contributed by atoms with Crippen LogP contribution in [0.1, 0.15) is 104 Å². The van der Waals surface area contributed by atoms with Gasteiger partial charge in [-0.1, -0.05) is 70.4 Å². The van der Waals surface area contributed by atoms with Gasteiger partial charge >= 0.3 is 70.1 Å². The minimum atomic E-state index is -1.24. The van der Waals surface area contributed by atoms with Crippen LogP contribution in [0.25, 0.3) is 0 Å². The number of ether oxygens (including phenoxy) is 1. The summed E-state index contributed by atoms with van der Waals surface area (Å²) in [5.74, 6) is -1.40. The fourth-order valence-corrected chi connectivity index (χ4v) is 2.59. The zero-order chi connectivity index (χ0) is 18.8. The van der Waals surface area contributed by atoms with E-state index in [0.717, 1.165) is 25.7 Å². The molecule has 0 spiro atoms. The molecule has 0 saturated heterocycles. The van der Waals surface area contributed by atoms with Crippen LogP contribution in [0.4, 0.5) is 0 Å². The maximum absolute atomic E-state index is 11.3. The van der Waals surface area contributed by atoms with E-state index in [1.54, 1.807) is 0 Å². The number of aliphatic hydroxyl groups is 1. The van der Waals surface area contributed by atoms with Crippen molar-refractivity contribution in [2.45, 2.75) is 110 Å². The van der Waals surface area contributed by atoms with E-state index in [2.05, 4.69) is 23.8 Å². The summed E-state index contributed by atoms with van der Waals surface area (Å²) in [5.41, 5.74) is 0. The minimum absolute atomic E-state index is 0. The van der Waals surface area contributed by atoms with Crippen molar-refractivity contribution in [2.24, 2.45) is 0 Å². The van der Waals surface area contributed by atoms with E-state index < -0.39 is 18.0 Å². The molecule has 0 saturated carbocycles. The molecule has 26 heavy (non-hydrogen) atoms. The molecular weight excluding hydrogens is 402 g/mol. The van der Waals surface area contributed by atoms with Crippen molar-refractivity contribution in [3.63, 3.8) is 0 Å². The second-order valence-electron chi connectivity index (χ2n) is 6.80. The molecule has 1 N–H and O–H groups in total. The van der Waals surface area contributed by atoms with E-state index in [4.69, 9.17) is 5.11 Å². The van der Waals surface area contributed by atoms with Gasteiger partial charge in [0.05, 0.1) is 0 Å². The van der Waals surface area contributed by atoms with Crippen LogP contribution >= 0.6 is 0 Å². The van der Waals surface area contributed by atoms with Crippen LogP contribution in [0.2, 0.25) is 0 Å². The average Bonchev–Trinajstić information content (AvgIpc) is 2.58. The number of carbonyl (C=O) groups excluding carboxylic acids is 2. The van der Waals surface area contributed by atoms with Gasteiger partial charge in [-0.3, -0.25) is 4.79 Å². The second-order valence-corrected chi connectivity index (χ2v) is 6.80. The maximum atomic E-state index is 11.3. The molecule has 0 aliphatic heterocycles. The Morgan fingerprint density at radius 1 is 0.846 bits per heavy atom.